The Morgan fingerprint density at radius 3 is 2.83 bits per heavy atom. The van der Waals surface area contributed by atoms with Crippen molar-refractivity contribution in [2.75, 3.05) is 44.7 Å². The fraction of sp³-hybridized carbons (Fsp3) is 0.529. The Morgan fingerprint density at radius 1 is 1.30 bits per heavy atom. The molecule has 2 aliphatic heterocycles. The van der Waals surface area contributed by atoms with Crippen LogP contribution >= 0.6 is 0 Å². The van der Waals surface area contributed by atoms with E-state index in [0.29, 0.717) is 19.7 Å². The average molecular weight is 317 g/mol. The van der Waals surface area contributed by atoms with E-state index in [1.807, 2.05) is 37.4 Å². The van der Waals surface area contributed by atoms with E-state index in [2.05, 4.69) is 10.2 Å². The lowest BCUT2D eigenvalue weighted by Gasteiger charge is -2.30. The number of likely N-dealkylation sites (N-methyl/N-ethyl adjacent to an activating group) is 1. The van der Waals surface area contributed by atoms with Crippen molar-refractivity contribution in [3.8, 4) is 0 Å². The van der Waals surface area contributed by atoms with Crippen LogP contribution in [0.3, 0.4) is 0 Å². The number of anilines is 1. The molecule has 2 saturated heterocycles. The van der Waals surface area contributed by atoms with Crippen molar-refractivity contribution in [1.82, 2.24) is 10.2 Å². The Bertz CT molecular complexity index is 563. The Labute approximate surface area is 136 Å². The van der Waals surface area contributed by atoms with Crippen LogP contribution in [0.15, 0.2) is 30.3 Å². The van der Waals surface area contributed by atoms with Crippen LogP contribution < -0.4 is 10.2 Å². The van der Waals surface area contributed by atoms with Crippen molar-refractivity contribution < 1.29 is 14.3 Å². The molecular weight excluding hydrogens is 294 g/mol. The van der Waals surface area contributed by atoms with Gasteiger partial charge in [0.25, 0.3) is 0 Å². The number of morpholine rings is 1. The molecule has 0 aromatic heterocycles. The van der Waals surface area contributed by atoms with E-state index in [-0.39, 0.29) is 30.3 Å². The van der Waals surface area contributed by atoms with Crippen LogP contribution in [-0.2, 0) is 14.3 Å². The van der Waals surface area contributed by atoms with Gasteiger partial charge in [-0.1, -0.05) is 18.2 Å². The van der Waals surface area contributed by atoms with E-state index in [0.717, 1.165) is 18.8 Å². The number of carbonyl (C=O) groups excluding carboxylic acids is 2. The van der Waals surface area contributed by atoms with E-state index in [1.165, 1.54) is 0 Å². The molecule has 1 N–H and O–H groups in total. The van der Waals surface area contributed by atoms with Crippen molar-refractivity contribution in [1.29, 1.82) is 0 Å². The van der Waals surface area contributed by atoms with Gasteiger partial charge in [0, 0.05) is 38.3 Å². The van der Waals surface area contributed by atoms with Crippen LogP contribution in [0.1, 0.15) is 6.42 Å². The molecule has 0 aliphatic carbocycles. The highest BCUT2D eigenvalue weighted by Gasteiger charge is 2.35. The lowest BCUT2D eigenvalue weighted by Crippen LogP contribution is -2.47. The summed E-state index contributed by atoms with van der Waals surface area (Å²) in [6.07, 6.45) is 0.298. The maximum atomic E-state index is 12.3. The van der Waals surface area contributed by atoms with Crippen molar-refractivity contribution in [2.45, 2.75) is 12.5 Å². The number of rotatable bonds is 4. The van der Waals surface area contributed by atoms with Gasteiger partial charge in [0.1, 0.15) is 0 Å². The zero-order valence-electron chi connectivity index (χ0n) is 13.4. The minimum Gasteiger partial charge on any atom is -0.374 e. The summed E-state index contributed by atoms with van der Waals surface area (Å²) < 4.78 is 5.64. The summed E-state index contributed by atoms with van der Waals surface area (Å²) in [4.78, 5) is 28.4. The Hall–Kier alpha value is -1.92. The predicted octanol–water partition coefficient (Wildman–Crippen LogP) is 0.486. The Kier molecular flexibility index (Phi) is 4.93. The highest BCUT2D eigenvalue weighted by molar-refractivity contribution is 6.00. The van der Waals surface area contributed by atoms with Gasteiger partial charge in [0.2, 0.25) is 11.8 Å². The molecule has 124 valence electrons. The number of amides is 2. The topological polar surface area (TPSA) is 61.9 Å². The molecule has 2 atom stereocenters. The summed E-state index contributed by atoms with van der Waals surface area (Å²) in [6.45, 7) is 3.38. The van der Waals surface area contributed by atoms with Crippen LogP contribution in [0.4, 0.5) is 5.69 Å². The van der Waals surface area contributed by atoms with Gasteiger partial charge in [0.05, 0.1) is 18.6 Å². The summed E-state index contributed by atoms with van der Waals surface area (Å²) in [5.41, 5.74) is 0.852. The summed E-state index contributed by atoms with van der Waals surface area (Å²) in [5, 5.41) is 2.94. The molecule has 23 heavy (non-hydrogen) atoms. The molecule has 1 aromatic carbocycles. The van der Waals surface area contributed by atoms with Gasteiger partial charge in [-0.3, -0.25) is 9.59 Å². The van der Waals surface area contributed by atoms with Gasteiger partial charge in [-0.25, -0.2) is 0 Å². The number of hydrogen-bond acceptors (Lipinski definition) is 4. The number of nitrogens with one attached hydrogen (secondary N) is 1. The Morgan fingerprint density at radius 2 is 2.09 bits per heavy atom. The third kappa shape index (κ3) is 3.89. The van der Waals surface area contributed by atoms with Crippen molar-refractivity contribution in [3.05, 3.63) is 30.3 Å². The fourth-order valence-corrected chi connectivity index (χ4v) is 3.09. The maximum absolute atomic E-state index is 12.3. The first kappa shape index (κ1) is 16.0. The number of carbonyl (C=O) groups is 2. The smallest absolute Gasteiger partial charge is 0.227 e. The average Bonchev–Trinajstić information content (AvgIpc) is 2.95. The number of nitrogens with zero attached hydrogens (tertiary/aromatic N) is 2. The highest BCUT2D eigenvalue weighted by atomic mass is 16.5. The zero-order chi connectivity index (χ0) is 16.2. The number of hydrogen-bond donors (Lipinski definition) is 1. The molecule has 2 fully saturated rings. The molecule has 2 amide bonds. The molecule has 1 aromatic rings. The second-order valence-electron chi connectivity index (χ2n) is 6.24. The largest absolute Gasteiger partial charge is 0.374 e. The lowest BCUT2D eigenvalue weighted by molar-refractivity contribution is -0.127. The van der Waals surface area contributed by atoms with E-state index in [4.69, 9.17) is 4.74 Å². The fourth-order valence-electron chi connectivity index (χ4n) is 3.09. The van der Waals surface area contributed by atoms with Crippen LogP contribution in [-0.4, -0.2) is 62.7 Å². The van der Waals surface area contributed by atoms with Gasteiger partial charge in [-0.2, -0.15) is 0 Å². The molecule has 0 saturated carbocycles. The molecule has 0 spiro atoms. The van der Waals surface area contributed by atoms with Gasteiger partial charge in [-0.15, -0.1) is 0 Å². The predicted molar refractivity (Wildman–Crippen MR) is 87.1 cm³/mol. The van der Waals surface area contributed by atoms with Crippen molar-refractivity contribution >= 4 is 17.5 Å². The van der Waals surface area contributed by atoms with Gasteiger partial charge < -0.3 is 19.9 Å². The lowest BCUT2D eigenvalue weighted by atomic mass is 10.1. The second kappa shape index (κ2) is 7.10. The number of benzene rings is 1. The Balaban J connectivity index is 1.52. The van der Waals surface area contributed by atoms with Crippen LogP contribution in [0.25, 0.3) is 0 Å². The third-order valence-electron chi connectivity index (χ3n) is 4.41. The van der Waals surface area contributed by atoms with E-state index < -0.39 is 0 Å². The van der Waals surface area contributed by atoms with E-state index in [9.17, 15) is 9.59 Å². The van der Waals surface area contributed by atoms with Gasteiger partial charge in [-0.05, 0) is 19.2 Å². The molecule has 0 radical (unpaired) electrons. The van der Waals surface area contributed by atoms with Crippen LogP contribution in [0.2, 0.25) is 0 Å². The minimum absolute atomic E-state index is 0.00463. The maximum Gasteiger partial charge on any atom is 0.227 e. The standard InChI is InChI=1S/C17H23N3O3/c1-19-7-8-23-15(12-19)10-18-17(22)13-9-16(21)20(11-13)14-5-3-2-4-6-14/h2-6,13,15H,7-12H2,1H3,(H,18,22)/t13-,15+/m1/s1. The zero-order valence-corrected chi connectivity index (χ0v) is 13.4. The minimum atomic E-state index is -0.288. The van der Waals surface area contributed by atoms with Gasteiger partial charge >= 0.3 is 0 Å². The molecule has 0 unspecified atom stereocenters. The van der Waals surface area contributed by atoms with Gasteiger partial charge in [0.15, 0.2) is 0 Å². The molecular formula is C17H23N3O3. The van der Waals surface area contributed by atoms with E-state index in [1.54, 1.807) is 4.90 Å². The molecule has 6 heteroatoms. The number of para-hydroxylation sites is 1. The molecule has 2 aliphatic rings. The molecule has 3 rings (SSSR count). The second-order valence-corrected chi connectivity index (χ2v) is 6.24. The van der Waals surface area contributed by atoms with E-state index >= 15 is 0 Å². The third-order valence-corrected chi connectivity index (χ3v) is 4.41. The molecule has 6 nitrogen and oxygen atoms in total. The van der Waals surface area contributed by atoms with Crippen LogP contribution in [0.5, 0.6) is 0 Å². The molecule has 0 bridgehead atoms. The quantitative estimate of drug-likeness (QED) is 0.878. The highest BCUT2D eigenvalue weighted by Crippen LogP contribution is 2.24. The summed E-state index contributed by atoms with van der Waals surface area (Å²) in [5.74, 6) is -0.345. The number of ether oxygens (including phenoxy) is 1. The normalized spacial score (nSPS) is 25.6. The summed E-state index contributed by atoms with van der Waals surface area (Å²) in [7, 11) is 2.05. The van der Waals surface area contributed by atoms with Crippen LogP contribution in [0, 0.1) is 5.92 Å². The van der Waals surface area contributed by atoms with Crippen molar-refractivity contribution in [2.24, 2.45) is 5.92 Å². The first-order valence-electron chi connectivity index (χ1n) is 8.07. The monoisotopic (exact) mass is 317 g/mol. The molecule has 2 heterocycles. The van der Waals surface area contributed by atoms with Crippen molar-refractivity contribution in [3.63, 3.8) is 0 Å². The first-order chi connectivity index (χ1) is 11.1. The summed E-state index contributed by atoms with van der Waals surface area (Å²) >= 11 is 0. The SMILES string of the molecule is CN1CCO[C@@H](CNC(=O)[C@@H]2CC(=O)N(c3ccccc3)C2)C1. The summed E-state index contributed by atoms with van der Waals surface area (Å²) in [6, 6.07) is 9.49. The first-order valence-corrected chi connectivity index (χ1v) is 8.07.